The topological polar surface area (TPSA) is 47.6 Å². The van der Waals surface area contributed by atoms with Crippen LogP contribution in [0.5, 0.6) is 11.5 Å². The van der Waals surface area contributed by atoms with Crippen molar-refractivity contribution in [2.24, 2.45) is 0 Å². The van der Waals surface area contributed by atoms with Crippen molar-refractivity contribution < 1.29 is 18.7 Å². The van der Waals surface area contributed by atoms with Gasteiger partial charge in [0.25, 0.3) is 5.91 Å². The summed E-state index contributed by atoms with van der Waals surface area (Å²) in [5.74, 6) is 0.428. The normalized spacial score (nSPS) is 10.3. The number of halogens is 1. The standard InChI is InChI=1S/C19H22FNO3/c1-3-10-23-17-9-8-14(12-18(17)24-11-4-2)19(22)21-16-7-5-6-15(20)13-16/h5-9,12-13H,3-4,10-11H2,1-2H3,(H,21,22). The minimum atomic E-state index is -0.400. The number of nitrogens with one attached hydrogen (secondary N) is 1. The molecule has 24 heavy (non-hydrogen) atoms. The molecule has 2 rings (SSSR count). The van der Waals surface area contributed by atoms with Crippen LogP contribution in [0.15, 0.2) is 42.5 Å². The maximum Gasteiger partial charge on any atom is 0.255 e. The molecule has 0 bridgehead atoms. The van der Waals surface area contributed by atoms with Gasteiger partial charge in [-0.2, -0.15) is 0 Å². The van der Waals surface area contributed by atoms with E-state index in [1.54, 1.807) is 30.3 Å². The molecule has 0 aliphatic heterocycles. The zero-order valence-electron chi connectivity index (χ0n) is 14.0. The Morgan fingerprint density at radius 1 is 1.00 bits per heavy atom. The van der Waals surface area contributed by atoms with Crippen molar-refractivity contribution in [1.29, 1.82) is 0 Å². The van der Waals surface area contributed by atoms with Crippen molar-refractivity contribution in [3.8, 4) is 11.5 Å². The Bertz CT molecular complexity index is 688. The molecule has 0 aliphatic carbocycles. The second-order valence-corrected chi connectivity index (χ2v) is 5.32. The van der Waals surface area contributed by atoms with E-state index in [1.165, 1.54) is 12.1 Å². The number of ether oxygens (including phenoxy) is 2. The highest BCUT2D eigenvalue weighted by Gasteiger charge is 2.12. The van der Waals surface area contributed by atoms with E-state index in [-0.39, 0.29) is 5.91 Å². The summed E-state index contributed by atoms with van der Waals surface area (Å²) in [6, 6.07) is 10.8. The number of carbonyl (C=O) groups excluding carboxylic acids is 1. The summed E-state index contributed by atoms with van der Waals surface area (Å²) in [6.07, 6.45) is 1.74. The average molecular weight is 331 g/mol. The zero-order valence-corrected chi connectivity index (χ0v) is 14.0. The third-order valence-electron chi connectivity index (χ3n) is 3.21. The van der Waals surface area contributed by atoms with Crippen LogP contribution in [0.3, 0.4) is 0 Å². The van der Waals surface area contributed by atoms with E-state index in [0.29, 0.717) is 36.0 Å². The second kappa shape index (κ2) is 8.91. The first-order valence-electron chi connectivity index (χ1n) is 8.10. The molecule has 128 valence electrons. The Morgan fingerprint density at radius 2 is 1.71 bits per heavy atom. The summed E-state index contributed by atoms with van der Waals surface area (Å²) >= 11 is 0. The summed E-state index contributed by atoms with van der Waals surface area (Å²) < 4.78 is 24.5. The molecule has 5 heteroatoms. The van der Waals surface area contributed by atoms with E-state index in [9.17, 15) is 9.18 Å². The van der Waals surface area contributed by atoms with Gasteiger partial charge in [-0.3, -0.25) is 4.79 Å². The molecule has 0 aromatic heterocycles. The van der Waals surface area contributed by atoms with Crippen molar-refractivity contribution in [2.45, 2.75) is 26.7 Å². The molecule has 2 aromatic carbocycles. The Morgan fingerprint density at radius 3 is 2.38 bits per heavy atom. The average Bonchev–Trinajstić information content (AvgIpc) is 2.58. The summed E-state index contributed by atoms with van der Waals surface area (Å²) in [4.78, 5) is 12.3. The molecule has 0 aliphatic rings. The Labute approximate surface area is 141 Å². The van der Waals surface area contributed by atoms with Crippen molar-refractivity contribution in [3.63, 3.8) is 0 Å². The highest BCUT2D eigenvalue weighted by atomic mass is 19.1. The van der Waals surface area contributed by atoms with Crippen LogP contribution >= 0.6 is 0 Å². The van der Waals surface area contributed by atoms with Crippen LogP contribution in [-0.2, 0) is 0 Å². The molecule has 0 unspecified atom stereocenters. The number of amides is 1. The van der Waals surface area contributed by atoms with E-state index in [4.69, 9.17) is 9.47 Å². The summed E-state index contributed by atoms with van der Waals surface area (Å²) in [7, 11) is 0. The number of hydrogen-bond donors (Lipinski definition) is 1. The van der Waals surface area contributed by atoms with Crippen molar-refractivity contribution in [1.82, 2.24) is 0 Å². The quantitative estimate of drug-likeness (QED) is 0.765. The number of rotatable bonds is 8. The molecule has 0 heterocycles. The van der Waals surface area contributed by atoms with Crippen LogP contribution in [0.1, 0.15) is 37.0 Å². The van der Waals surface area contributed by atoms with Crippen molar-refractivity contribution >= 4 is 11.6 Å². The largest absolute Gasteiger partial charge is 0.490 e. The Kier molecular flexibility index (Phi) is 6.61. The maximum absolute atomic E-state index is 13.2. The molecule has 0 saturated heterocycles. The van der Waals surface area contributed by atoms with Crippen LogP contribution in [0, 0.1) is 5.82 Å². The van der Waals surface area contributed by atoms with Gasteiger partial charge in [-0.05, 0) is 49.2 Å². The molecule has 0 radical (unpaired) electrons. The monoisotopic (exact) mass is 331 g/mol. The smallest absolute Gasteiger partial charge is 0.255 e. The number of hydrogen-bond acceptors (Lipinski definition) is 3. The summed E-state index contributed by atoms with van der Waals surface area (Å²) in [6.45, 7) is 5.15. The third kappa shape index (κ3) is 4.98. The molecule has 0 atom stereocenters. The van der Waals surface area contributed by atoms with Crippen LogP contribution in [0.25, 0.3) is 0 Å². The van der Waals surface area contributed by atoms with E-state index in [0.717, 1.165) is 12.8 Å². The lowest BCUT2D eigenvalue weighted by atomic mass is 10.1. The first-order valence-corrected chi connectivity index (χ1v) is 8.10. The lowest BCUT2D eigenvalue weighted by Crippen LogP contribution is -2.12. The van der Waals surface area contributed by atoms with Gasteiger partial charge in [0, 0.05) is 11.3 Å². The SMILES string of the molecule is CCCOc1ccc(C(=O)Nc2cccc(F)c2)cc1OCCC. The van der Waals surface area contributed by atoms with Crippen molar-refractivity contribution in [3.05, 3.63) is 53.8 Å². The van der Waals surface area contributed by atoms with E-state index in [1.807, 2.05) is 13.8 Å². The second-order valence-electron chi connectivity index (χ2n) is 5.32. The van der Waals surface area contributed by atoms with Gasteiger partial charge in [0.1, 0.15) is 5.82 Å². The van der Waals surface area contributed by atoms with Gasteiger partial charge >= 0.3 is 0 Å². The van der Waals surface area contributed by atoms with Gasteiger partial charge in [-0.1, -0.05) is 19.9 Å². The molecule has 1 amide bonds. The maximum atomic E-state index is 13.2. The fourth-order valence-corrected chi connectivity index (χ4v) is 2.07. The number of anilines is 1. The molecule has 4 nitrogen and oxygen atoms in total. The van der Waals surface area contributed by atoms with Crippen LogP contribution in [0.4, 0.5) is 10.1 Å². The predicted molar refractivity (Wildman–Crippen MR) is 92.4 cm³/mol. The molecule has 0 saturated carbocycles. The highest BCUT2D eigenvalue weighted by Crippen LogP contribution is 2.29. The zero-order chi connectivity index (χ0) is 17.4. The minimum Gasteiger partial charge on any atom is -0.490 e. The Hall–Kier alpha value is -2.56. The van der Waals surface area contributed by atoms with Crippen LogP contribution in [-0.4, -0.2) is 19.1 Å². The molecular formula is C19H22FNO3. The van der Waals surface area contributed by atoms with Gasteiger partial charge in [0.05, 0.1) is 13.2 Å². The van der Waals surface area contributed by atoms with E-state index < -0.39 is 5.82 Å². The first-order chi connectivity index (χ1) is 11.6. The Balaban J connectivity index is 2.17. The highest BCUT2D eigenvalue weighted by molar-refractivity contribution is 6.04. The fraction of sp³-hybridized carbons (Fsp3) is 0.316. The van der Waals surface area contributed by atoms with E-state index >= 15 is 0 Å². The fourth-order valence-electron chi connectivity index (χ4n) is 2.07. The summed E-state index contributed by atoms with van der Waals surface area (Å²) in [5, 5.41) is 2.67. The number of benzene rings is 2. The molecular weight excluding hydrogens is 309 g/mol. The lowest BCUT2D eigenvalue weighted by molar-refractivity contribution is 0.102. The van der Waals surface area contributed by atoms with E-state index in [2.05, 4.69) is 5.32 Å². The predicted octanol–water partition coefficient (Wildman–Crippen LogP) is 4.66. The van der Waals surface area contributed by atoms with Gasteiger partial charge < -0.3 is 14.8 Å². The lowest BCUT2D eigenvalue weighted by Gasteiger charge is -2.13. The first kappa shape index (κ1) is 17.8. The molecule has 0 fully saturated rings. The number of carbonyl (C=O) groups is 1. The van der Waals surface area contributed by atoms with Gasteiger partial charge in [-0.25, -0.2) is 4.39 Å². The van der Waals surface area contributed by atoms with Gasteiger partial charge in [0.15, 0.2) is 11.5 Å². The summed E-state index contributed by atoms with van der Waals surface area (Å²) in [5.41, 5.74) is 0.830. The third-order valence-corrected chi connectivity index (χ3v) is 3.21. The van der Waals surface area contributed by atoms with Gasteiger partial charge in [-0.15, -0.1) is 0 Å². The molecule has 1 N–H and O–H groups in total. The van der Waals surface area contributed by atoms with Crippen LogP contribution < -0.4 is 14.8 Å². The molecule has 0 spiro atoms. The minimum absolute atomic E-state index is 0.330. The van der Waals surface area contributed by atoms with Crippen molar-refractivity contribution in [2.75, 3.05) is 18.5 Å². The van der Waals surface area contributed by atoms with Crippen LogP contribution in [0.2, 0.25) is 0 Å². The van der Waals surface area contributed by atoms with Gasteiger partial charge in [0.2, 0.25) is 0 Å². The molecule has 2 aromatic rings.